The number of rotatable bonds is 2. The Hall–Kier alpha value is -1.13. The van der Waals surface area contributed by atoms with Crippen LogP contribution < -0.4 is 5.43 Å². The van der Waals surface area contributed by atoms with Gasteiger partial charge in [0.15, 0.2) is 0 Å². The molecule has 0 radical (unpaired) electrons. The van der Waals surface area contributed by atoms with Crippen LogP contribution >= 0.6 is 23.5 Å². The van der Waals surface area contributed by atoms with Crippen molar-refractivity contribution in [3.8, 4) is 0 Å². The van der Waals surface area contributed by atoms with E-state index in [9.17, 15) is 4.79 Å². The molecule has 4 heteroatoms. The van der Waals surface area contributed by atoms with Gasteiger partial charge >= 0.3 is 0 Å². The summed E-state index contributed by atoms with van der Waals surface area (Å²) >= 11 is 3.45. The maximum Gasteiger partial charge on any atom is 0.206 e. The molecule has 0 amide bonds. The van der Waals surface area contributed by atoms with Gasteiger partial charge in [0.25, 0.3) is 0 Å². The average molecular weight is 290 g/mol. The van der Waals surface area contributed by atoms with Crippen molar-refractivity contribution in [3.63, 3.8) is 0 Å². The third-order valence-corrected chi connectivity index (χ3v) is 5.43. The maximum atomic E-state index is 12.5. The molecule has 98 valence electrons. The smallest absolute Gasteiger partial charge is 0.206 e. The molecule has 0 fully saturated rings. The van der Waals surface area contributed by atoms with Gasteiger partial charge in [-0.25, -0.2) is 0 Å². The quantitative estimate of drug-likeness (QED) is 0.821. The first-order valence-corrected chi connectivity index (χ1v) is 8.03. The minimum absolute atomic E-state index is 0.0838. The molecule has 1 aliphatic rings. The summed E-state index contributed by atoms with van der Waals surface area (Å²) < 4.78 is 6.09. The van der Waals surface area contributed by atoms with Crippen LogP contribution in [0.5, 0.6) is 0 Å². The first kappa shape index (κ1) is 12.9. The fraction of sp³-hybridized carbons (Fsp3) is 0.267. The van der Waals surface area contributed by atoms with Gasteiger partial charge in [-0.05, 0) is 18.2 Å². The van der Waals surface area contributed by atoms with Crippen molar-refractivity contribution in [2.75, 3.05) is 0 Å². The van der Waals surface area contributed by atoms with Gasteiger partial charge in [-0.15, -0.1) is 11.8 Å². The maximum absolute atomic E-state index is 12.5. The van der Waals surface area contributed by atoms with E-state index in [1.165, 1.54) is 0 Å². The van der Waals surface area contributed by atoms with Crippen LogP contribution in [0.4, 0.5) is 0 Å². The molecule has 19 heavy (non-hydrogen) atoms. The molecule has 1 atom stereocenters. The molecule has 0 N–H and O–H groups in total. The Morgan fingerprint density at radius 3 is 2.89 bits per heavy atom. The molecule has 3 rings (SSSR count). The topological polar surface area (TPSA) is 30.2 Å². The van der Waals surface area contributed by atoms with Gasteiger partial charge in [0, 0.05) is 5.25 Å². The lowest BCUT2D eigenvalue weighted by molar-refractivity contribution is 0.574. The Morgan fingerprint density at radius 1 is 1.32 bits per heavy atom. The Bertz CT molecular complexity index is 701. The highest BCUT2D eigenvalue weighted by Gasteiger charge is 2.21. The summed E-state index contributed by atoms with van der Waals surface area (Å²) in [6.45, 7) is 4.33. The van der Waals surface area contributed by atoms with Gasteiger partial charge in [-0.3, -0.25) is 4.79 Å². The molecule has 1 aromatic heterocycles. The van der Waals surface area contributed by atoms with E-state index in [0.717, 1.165) is 4.90 Å². The van der Waals surface area contributed by atoms with Crippen LogP contribution in [-0.4, -0.2) is 9.83 Å². The molecule has 2 heterocycles. The minimum atomic E-state index is 0.0838. The number of para-hydroxylation sites is 1. The number of thioether (sulfide) groups is 2. The molecule has 0 bridgehead atoms. The van der Waals surface area contributed by atoms with E-state index in [1.807, 2.05) is 42.1 Å². The van der Waals surface area contributed by atoms with Crippen molar-refractivity contribution in [3.05, 3.63) is 46.3 Å². The monoisotopic (exact) mass is 290 g/mol. The zero-order chi connectivity index (χ0) is 13.4. The molecule has 0 saturated carbocycles. The van der Waals surface area contributed by atoms with Crippen molar-refractivity contribution in [1.29, 1.82) is 0 Å². The number of hydrogen-bond donors (Lipinski definition) is 0. The zero-order valence-electron chi connectivity index (χ0n) is 10.8. The SMILES string of the molecule is CC(C)SC1C=Cc2oc3ccccc3c(=O)c2S1. The van der Waals surface area contributed by atoms with Gasteiger partial charge in [0.2, 0.25) is 5.43 Å². The lowest BCUT2D eigenvalue weighted by Crippen LogP contribution is -2.12. The highest BCUT2D eigenvalue weighted by molar-refractivity contribution is 8.17. The van der Waals surface area contributed by atoms with Crippen molar-refractivity contribution in [2.24, 2.45) is 0 Å². The molecular formula is C15H14O2S2. The van der Waals surface area contributed by atoms with Crippen molar-refractivity contribution < 1.29 is 4.42 Å². The van der Waals surface area contributed by atoms with E-state index in [1.54, 1.807) is 11.8 Å². The van der Waals surface area contributed by atoms with Gasteiger partial charge in [-0.1, -0.05) is 43.8 Å². The highest BCUT2D eigenvalue weighted by atomic mass is 32.2. The van der Waals surface area contributed by atoms with E-state index in [2.05, 4.69) is 19.9 Å². The molecule has 0 saturated heterocycles. The third-order valence-electron chi connectivity index (χ3n) is 2.83. The van der Waals surface area contributed by atoms with Crippen molar-refractivity contribution >= 4 is 40.6 Å². The first-order chi connectivity index (χ1) is 9.15. The first-order valence-electron chi connectivity index (χ1n) is 6.21. The van der Waals surface area contributed by atoms with Crippen LogP contribution in [0.3, 0.4) is 0 Å². The zero-order valence-corrected chi connectivity index (χ0v) is 12.4. The summed E-state index contributed by atoms with van der Waals surface area (Å²) in [7, 11) is 0. The van der Waals surface area contributed by atoms with Crippen LogP contribution in [0.2, 0.25) is 0 Å². The predicted molar refractivity (Wildman–Crippen MR) is 83.9 cm³/mol. The van der Waals surface area contributed by atoms with Crippen molar-refractivity contribution in [2.45, 2.75) is 28.6 Å². The third kappa shape index (κ3) is 2.47. The summed E-state index contributed by atoms with van der Waals surface area (Å²) in [6, 6.07) is 7.42. The van der Waals surface area contributed by atoms with E-state index >= 15 is 0 Å². The summed E-state index contributed by atoms with van der Waals surface area (Å²) in [5.41, 5.74) is 0.743. The Kier molecular flexibility index (Phi) is 3.46. The number of hydrogen-bond acceptors (Lipinski definition) is 4. The van der Waals surface area contributed by atoms with Crippen LogP contribution in [-0.2, 0) is 0 Å². The summed E-state index contributed by atoms with van der Waals surface area (Å²) in [6.07, 6.45) is 4.04. The fourth-order valence-corrected chi connectivity index (χ4v) is 4.74. The second kappa shape index (κ2) is 5.10. The second-order valence-corrected chi connectivity index (χ2v) is 7.82. The molecular weight excluding hydrogens is 276 g/mol. The number of benzene rings is 1. The molecule has 2 nitrogen and oxygen atoms in total. The fourth-order valence-electron chi connectivity index (χ4n) is 2.03. The predicted octanol–water partition coefficient (Wildman–Crippen LogP) is 4.38. The second-order valence-electron chi connectivity index (χ2n) is 4.65. The highest BCUT2D eigenvalue weighted by Crippen LogP contribution is 2.39. The lowest BCUT2D eigenvalue weighted by atomic mass is 10.2. The van der Waals surface area contributed by atoms with E-state index in [-0.39, 0.29) is 10.0 Å². The van der Waals surface area contributed by atoms with E-state index < -0.39 is 0 Å². The Morgan fingerprint density at radius 2 is 2.11 bits per heavy atom. The van der Waals surface area contributed by atoms with Gasteiger partial charge < -0.3 is 4.42 Å². The molecule has 1 unspecified atom stereocenters. The average Bonchev–Trinajstić information content (AvgIpc) is 2.39. The minimum Gasteiger partial charge on any atom is -0.455 e. The number of fused-ring (bicyclic) bond motifs is 2. The van der Waals surface area contributed by atoms with Gasteiger partial charge in [0.05, 0.1) is 14.9 Å². The summed E-state index contributed by atoms with van der Waals surface area (Å²) in [4.78, 5) is 13.2. The van der Waals surface area contributed by atoms with Crippen molar-refractivity contribution in [1.82, 2.24) is 0 Å². The van der Waals surface area contributed by atoms with Crippen LogP contribution in [0.1, 0.15) is 19.6 Å². The van der Waals surface area contributed by atoms with Crippen LogP contribution in [0.25, 0.3) is 17.0 Å². The lowest BCUT2D eigenvalue weighted by Gasteiger charge is -2.19. The van der Waals surface area contributed by atoms with Crippen LogP contribution in [0.15, 0.2) is 44.4 Å². The van der Waals surface area contributed by atoms with Gasteiger partial charge in [-0.2, -0.15) is 0 Å². The normalized spacial score (nSPS) is 17.9. The van der Waals surface area contributed by atoms with E-state index in [4.69, 9.17) is 4.42 Å². The molecule has 0 spiro atoms. The van der Waals surface area contributed by atoms with E-state index in [0.29, 0.717) is 22.0 Å². The largest absolute Gasteiger partial charge is 0.455 e. The molecule has 2 aromatic rings. The summed E-state index contributed by atoms with van der Waals surface area (Å²) in [5.74, 6) is 0.689. The van der Waals surface area contributed by atoms with Gasteiger partial charge in [0.1, 0.15) is 11.3 Å². The summed E-state index contributed by atoms with van der Waals surface area (Å²) in [5, 5.41) is 1.20. The Balaban J connectivity index is 2.09. The van der Waals surface area contributed by atoms with Crippen LogP contribution in [0, 0.1) is 0 Å². The molecule has 1 aromatic carbocycles. The Labute approximate surface area is 120 Å². The standard InChI is InChI=1S/C15H14O2S2/c1-9(2)18-13-8-7-12-15(19-13)14(16)10-5-3-4-6-11(10)17-12/h3-9,13H,1-2H3. The molecule has 1 aliphatic heterocycles. The molecule has 0 aliphatic carbocycles.